The van der Waals surface area contributed by atoms with Crippen molar-refractivity contribution in [2.45, 2.75) is 26.6 Å². The molecular weight excluding hydrogens is 248 g/mol. The average Bonchev–Trinajstić information content (AvgIpc) is 3.12. The van der Waals surface area contributed by atoms with Crippen LogP contribution in [0.25, 0.3) is 10.9 Å². The number of hydrogen-bond acceptors (Lipinski definition) is 2. The number of aryl methyl sites for hydroxylation is 2. The molecule has 0 aliphatic rings. The van der Waals surface area contributed by atoms with Crippen LogP contribution in [0.1, 0.15) is 12.5 Å². The first-order chi connectivity index (χ1) is 9.88. The van der Waals surface area contributed by atoms with Crippen LogP contribution >= 0.6 is 0 Å². The van der Waals surface area contributed by atoms with E-state index in [4.69, 9.17) is 0 Å². The number of nitrogens with zero attached hydrogens (tertiary/aromatic N) is 3. The van der Waals surface area contributed by atoms with Gasteiger partial charge in [-0.25, -0.2) is 0 Å². The maximum absolute atomic E-state index is 4.25. The Morgan fingerprint density at radius 1 is 1.10 bits per heavy atom. The summed E-state index contributed by atoms with van der Waals surface area (Å²) < 4.78 is 4.26. The van der Waals surface area contributed by atoms with Gasteiger partial charge in [-0.1, -0.05) is 19.1 Å². The molecule has 1 aromatic carbocycles. The Balaban J connectivity index is 1.81. The fourth-order valence-corrected chi connectivity index (χ4v) is 2.54. The van der Waals surface area contributed by atoms with E-state index in [9.17, 15) is 0 Å². The van der Waals surface area contributed by atoms with Crippen LogP contribution in [0.15, 0.2) is 48.9 Å². The van der Waals surface area contributed by atoms with Crippen molar-refractivity contribution in [1.29, 1.82) is 0 Å². The molecule has 0 unspecified atom stereocenters. The van der Waals surface area contributed by atoms with Gasteiger partial charge in [0.05, 0.1) is 6.54 Å². The molecule has 2 heterocycles. The van der Waals surface area contributed by atoms with Crippen molar-refractivity contribution in [3.63, 3.8) is 0 Å². The summed E-state index contributed by atoms with van der Waals surface area (Å²) in [5.74, 6) is 0. The van der Waals surface area contributed by atoms with Gasteiger partial charge in [-0.05, 0) is 30.3 Å². The Hall–Kier alpha value is -2.07. The molecule has 0 atom stereocenters. The number of nitrogens with one attached hydrogen (secondary N) is 1. The second-order valence-corrected chi connectivity index (χ2v) is 4.91. The van der Waals surface area contributed by atoms with Crippen LogP contribution in [0.3, 0.4) is 0 Å². The summed E-state index contributed by atoms with van der Waals surface area (Å²) in [6.45, 7) is 5.90. The molecule has 0 aliphatic heterocycles. The normalized spacial score (nSPS) is 11.2. The molecule has 3 aromatic rings. The van der Waals surface area contributed by atoms with Gasteiger partial charge in [0.25, 0.3) is 0 Å². The smallest absolute Gasteiger partial charge is 0.0588 e. The first-order valence-electron chi connectivity index (χ1n) is 7.13. The van der Waals surface area contributed by atoms with Gasteiger partial charge in [0, 0.05) is 42.6 Å². The molecule has 4 heteroatoms. The Morgan fingerprint density at radius 2 is 2.05 bits per heavy atom. The number of fused-ring (bicyclic) bond motifs is 1. The molecule has 20 heavy (non-hydrogen) atoms. The van der Waals surface area contributed by atoms with Crippen molar-refractivity contribution < 1.29 is 0 Å². The number of aromatic nitrogens is 3. The minimum absolute atomic E-state index is 0.897. The Kier molecular flexibility index (Phi) is 3.83. The van der Waals surface area contributed by atoms with E-state index in [2.05, 4.69) is 52.4 Å². The number of hydrogen-bond donors (Lipinski definition) is 1. The Morgan fingerprint density at radius 3 is 2.85 bits per heavy atom. The molecular formula is C16H20N4. The zero-order chi connectivity index (χ0) is 13.8. The molecule has 0 saturated heterocycles. The van der Waals surface area contributed by atoms with E-state index >= 15 is 0 Å². The van der Waals surface area contributed by atoms with Crippen molar-refractivity contribution in [2.24, 2.45) is 0 Å². The summed E-state index contributed by atoms with van der Waals surface area (Å²) >= 11 is 0. The highest BCUT2D eigenvalue weighted by Gasteiger charge is 2.05. The second-order valence-electron chi connectivity index (χ2n) is 4.91. The van der Waals surface area contributed by atoms with Crippen molar-refractivity contribution >= 4 is 10.9 Å². The van der Waals surface area contributed by atoms with Gasteiger partial charge in [0.15, 0.2) is 0 Å². The molecule has 0 fully saturated rings. The summed E-state index contributed by atoms with van der Waals surface area (Å²) in [5.41, 5.74) is 2.66. The first kappa shape index (κ1) is 12.9. The third kappa shape index (κ3) is 2.60. The minimum atomic E-state index is 0.897. The summed E-state index contributed by atoms with van der Waals surface area (Å²) in [7, 11) is 0. The predicted molar refractivity (Wildman–Crippen MR) is 81.5 cm³/mol. The molecule has 2 aromatic heterocycles. The van der Waals surface area contributed by atoms with Gasteiger partial charge in [-0.15, -0.1) is 0 Å². The topological polar surface area (TPSA) is 34.8 Å². The lowest BCUT2D eigenvalue weighted by atomic mass is 10.1. The second kappa shape index (κ2) is 5.92. The van der Waals surface area contributed by atoms with Crippen molar-refractivity contribution in [2.75, 3.05) is 6.54 Å². The molecule has 1 N–H and O–H groups in total. The van der Waals surface area contributed by atoms with Crippen molar-refractivity contribution in [1.82, 2.24) is 19.7 Å². The van der Waals surface area contributed by atoms with Crippen LogP contribution in [0.4, 0.5) is 0 Å². The van der Waals surface area contributed by atoms with Crippen LogP contribution in [-0.2, 0) is 19.6 Å². The highest BCUT2D eigenvalue weighted by Crippen LogP contribution is 2.20. The Labute approximate surface area is 119 Å². The van der Waals surface area contributed by atoms with Gasteiger partial charge >= 0.3 is 0 Å². The Bertz CT molecular complexity index is 667. The summed E-state index contributed by atoms with van der Waals surface area (Å²) in [6.07, 6.45) is 5.99. The van der Waals surface area contributed by atoms with Crippen LogP contribution in [-0.4, -0.2) is 20.9 Å². The fraction of sp³-hybridized carbons (Fsp3) is 0.312. The van der Waals surface area contributed by atoms with Crippen molar-refractivity contribution in [3.05, 3.63) is 54.5 Å². The van der Waals surface area contributed by atoms with Gasteiger partial charge in [0.2, 0.25) is 0 Å². The molecule has 4 nitrogen and oxygen atoms in total. The largest absolute Gasteiger partial charge is 0.346 e. The molecule has 0 amide bonds. The van der Waals surface area contributed by atoms with Crippen LogP contribution in [0, 0.1) is 0 Å². The summed E-state index contributed by atoms with van der Waals surface area (Å²) in [5, 5.41) is 8.99. The molecule has 104 valence electrons. The first-order valence-corrected chi connectivity index (χ1v) is 7.13. The van der Waals surface area contributed by atoms with E-state index < -0.39 is 0 Å². The third-order valence-corrected chi connectivity index (χ3v) is 3.60. The monoisotopic (exact) mass is 268 g/mol. The standard InChI is InChI=1S/C16H20N4/c1-2-17-13-14-5-3-6-16-15(14)7-10-19(16)11-12-20-9-4-8-18-20/h3-10,17H,2,11-13H2,1H3. The van der Waals surface area contributed by atoms with Crippen LogP contribution in [0.5, 0.6) is 0 Å². The molecule has 0 saturated carbocycles. The molecule has 3 rings (SSSR count). The zero-order valence-corrected chi connectivity index (χ0v) is 11.8. The van der Waals surface area contributed by atoms with Gasteiger partial charge in [-0.3, -0.25) is 4.68 Å². The van der Waals surface area contributed by atoms with E-state index in [0.717, 1.165) is 26.2 Å². The van der Waals surface area contributed by atoms with E-state index in [1.165, 1.54) is 16.5 Å². The maximum Gasteiger partial charge on any atom is 0.0588 e. The molecule has 0 radical (unpaired) electrons. The minimum Gasteiger partial charge on any atom is -0.346 e. The third-order valence-electron chi connectivity index (χ3n) is 3.60. The fourth-order valence-electron chi connectivity index (χ4n) is 2.54. The lowest BCUT2D eigenvalue weighted by Gasteiger charge is -2.08. The lowest BCUT2D eigenvalue weighted by molar-refractivity contribution is 0.543. The van der Waals surface area contributed by atoms with Gasteiger partial charge in [-0.2, -0.15) is 5.10 Å². The van der Waals surface area contributed by atoms with E-state index in [0.29, 0.717) is 0 Å². The summed E-state index contributed by atoms with van der Waals surface area (Å²) in [6, 6.07) is 10.7. The average molecular weight is 268 g/mol. The molecule has 0 bridgehead atoms. The van der Waals surface area contributed by atoms with Crippen LogP contribution < -0.4 is 5.32 Å². The van der Waals surface area contributed by atoms with E-state index in [1.807, 2.05) is 23.1 Å². The maximum atomic E-state index is 4.25. The SMILES string of the molecule is CCNCc1cccc2c1ccn2CCn1cccn1. The number of benzene rings is 1. The number of rotatable bonds is 6. The van der Waals surface area contributed by atoms with Gasteiger partial charge in [0.1, 0.15) is 0 Å². The lowest BCUT2D eigenvalue weighted by Crippen LogP contribution is -2.12. The van der Waals surface area contributed by atoms with Gasteiger partial charge < -0.3 is 9.88 Å². The molecule has 0 aliphatic carbocycles. The predicted octanol–water partition coefficient (Wildman–Crippen LogP) is 2.65. The summed E-state index contributed by atoms with van der Waals surface area (Å²) in [4.78, 5) is 0. The van der Waals surface area contributed by atoms with Crippen molar-refractivity contribution in [3.8, 4) is 0 Å². The highest BCUT2D eigenvalue weighted by molar-refractivity contribution is 5.83. The molecule has 0 spiro atoms. The zero-order valence-electron chi connectivity index (χ0n) is 11.8. The quantitative estimate of drug-likeness (QED) is 0.746. The van der Waals surface area contributed by atoms with Crippen LogP contribution in [0.2, 0.25) is 0 Å². The highest BCUT2D eigenvalue weighted by atomic mass is 15.3. The van der Waals surface area contributed by atoms with E-state index in [1.54, 1.807) is 0 Å². The van der Waals surface area contributed by atoms with E-state index in [-0.39, 0.29) is 0 Å².